The van der Waals surface area contributed by atoms with Crippen molar-refractivity contribution in [3.05, 3.63) is 68.8 Å². The van der Waals surface area contributed by atoms with E-state index in [0.29, 0.717) is 21.5 Å². The van der Waals surface area contributed by atoms with Crippen LogP contribution in [0.15, 0.2) is 48.5 Å². The SMILES string of the molecule is O=[N+]([O-])c1cccc2cc3cccc([N+](=O)[O-])c3cc12. The van der Waals surface area contributed by atoms with Gasteiger partial charge in [0.1, 0.15) is 0 Å². The molecule has 0 bridgehead atoms. The summed E-state index contributed by atoms with van der Waals surface area (Å²) in [5, 5.41) is 24.3. The van der Waals surface area contributed by atoms with E-state index in [4.69, 9.17) is 0 Å². The van der Waals surface area contributed by atoms with Crippen LogP contribution in [0, 0.1) is 20.2 Å². The van der Waals surface area contributed by atoms with Crippen molar-refractivity contribution in [3.63, 3.8) is 0 Å². The second-order valence-corrected chi connectivity index (χ2v) is 4.36. The lowest BCUT2D eigenvalue weighted by molar-refractivity contribution is -0.383. The van der Waals surface area contributed by atoms with Crippen molar-refractivity contribution < 1.29 is 9.85 Å². The van der Waals surface area contributed by atoms with Crippen molar-refractivity contribution in [2.45, 2.75) is 0 Å². The average molecular weight is 268 g/mol. The number of fused-ring (bicyclic) bond motifs is 2. The van der Waals surface area contributed by atoms with E-state index in [0.717, 1.165) is 0 Å². The van der Waals surface area contributed by atoms with Gasteiger partial charge in [-0.15, -0.1) is 0 Å². The van der Waals surface area contributed by atoms with Crippen molar-refractivity contribution in [2.24, 2.45) is 0 Å². The summed E-state index contributed by atoms with van der Waals surface area (Å²) in [6.45, 7) is 0. The number of rotatable bonds is 2. The zero-order valence-corrected chi connectivity index (χ0v) is 10.1. The molecular weight excluding hydrogens is 260 g/mol. The Hall–Kier alpha value is -3.02. The number of hydrogen-bond acceptors (Lipinski definition) is 4. The highest BCUT2D eigenvalue weighted by Gasteiger charge is 2.16. The van der Waals surface area contributed by atoms with Crippen molar-refractivity contribution in [3.8, 4) is 0 Å². The maximum atomic E-state index is 11.0. The first-order chi connectivity index (χ1) is 9.58. The summed E-state index contributed by atoms with van der Waals surface area (Å²) in [6.07, 6.45) is 0. The number of hydrogen-bond donors (Lipinski definition) is 0. The highest BCUT2D eigenvalue weighted by molar-refractivity contribution is 6.05. The van der Waals surface area contributed by atoms with Gasteiger partial charge in [0.05, 0.1) is 20.6 Å². The van der Waals surface area contributed by atoms with E-state index < -0.39 is 9.85 Å². The van der Waals surface area contributed by atoms with Gasteiger partial charge in [-0.2, -0.15) is 0 Å². The summed E-state index contributed by atoms with van der Waals surface area (Å²) in [5.41, 5.74) is -0.106. The van der Waals surface area contributed by atoms with E-state index >= 15 is 0 Å². The molecule has 0 aromatic heterocycles. The van der Waals surface area contributed by atoms with Crippen molar-refractivity contribution in [1.29, 1.82) is 0 Å². The predicted octanol–water partition coefficient (Wildman–Crippen LogP) is 3.81. The summed E-state index contributed by atoms with van der Waals surface area (Å²) in [6, 6.07) is 12.7. The zero-order chi connectivity index (χ0) is 14.3. The van der Waals surface area contributed by atoms with Crippen molar-refractivity contribution in [1.82, 2.24) is 0 Å². The quantitative estimate of drug-likeness (QED) is 0.401. The topological polar surface area (TPSA) is 86.3 Å². The fourth-order valence-electron chi connectivity index (χ4n) is 2.34. The molecule has 3 aromatic rings. The Kier molecular flexibility index (Phi) is 2.57. The Morgan fingerprint density at radius 1 is 0.700 bits per heavy atom. The first-order valence-corrected chi connectivity index (χ1v) is 5.82. The monoisotopic (exact) mass is 268 g/mol. The predicted molar refractivity (Wildman–Crippen MR) is 74.8 cm³/mol. The minimum absolute atomic E-state index is 0.0532. The molecule has 0 spiro atoms. The standard InChI is InChI=1S/C14H8N2O4/c17-15(18)13-5-1-3-9-7-10-4-2-6-14(16(19)20)12(10)8-11(9)13/h1-8H. The number of nitro benzene ring substituents is 2. The molecule has 98 valence electrons. The highest BCUT2D eigenvalue weighted by Crippen LogP contribution is 2.33. The van der Waals surface area contributed by atoms with E-state index in [9.17, 15) is 20.2 Å². The molecular formula is C14H8N2O4. The van der Waals surface area contributed by atoms with Gasteiger partial charge in [-0.3, -0.25) is 20.2 Å². The average Bonchev–Trinajstić information content (AvgIpc) is 2.43. The van der Waals surface area contributed by atoms with Gasteiger partial charge in [0, 0.05) is 12.1 Å². The Morgan fingerprint density at radius 2 is 1.15 bits per heavy atom. The molecule has 0 N–H and O–H groups in total. The molecule has 0 aliphatic carbocycles. The van der Waals surface area contributed by atoms with Crippen LogP contribution in [-0.4, -0.2) is 9.85 Å². The maximum absolute atomic E-state index is 11.0. The Bertz CT molecular complexity index is 805. The van der Waals surface area contributed by atoms with Crippen molar-refractivity contribution in [2.75, 3.05) is 0 Å². The van der Waals surface area contributed by atoms with Crippen LogP contribution in [0.4, 0.5) is 11.4 Å². The fraction of sp³-hybridized carbons (Fsp3) is 0. The van der Waals surface area contributed by atoms with E-state index in [-0.39, 0.29) is 11.4 Å². The minimum atomic E-state index is -0.483. The molecule has 3 rings (SSSR count). The van der Waals surface area contributed by atoms with E-state index in [1.807, 2.05) is 0 Å². The van der Waals surface area contributed by atoms with Gasteiger partial charge in [0.15, 0.2) is 0 Å². The molecule has 0 unspecified atom stereocenters. The summed E-state index contributed by atoms with van der Waals surface area (Å²) in [5.74, 6) is 0. The maximum Gasteiger partial charge on any atom is 0.277 e. The smallest absolute Gasteiger partial charge is 0.258 e. The van der Waals surface area contributed by atoms with Gasteiger partial charge in [-0.05, 0) is 22.9 Å². The summed E-state index contributed by atoms with van der Waals surface area (Å²) in [4.78, 5) is 21.1. The second kappa shape index (κ2) is 4.27. The molecule has 0 aliphatic heterocycles. The van der Waals surface area contributed by atoms with Crippen LogP contribution in [0.2, 0.25) is 0 Å². The molecule has 6 nitrogen and oxygen atoms in total. The van der Waals surface area contributed by atoms with Crippen molar-refractivity contribution >= 4 is 32.9 Å². The molecule has 0 saturated heterocycles. The lowest BCUT2D eigenvalue weighted by Gasteiger charge is -2.03. The Labute approximate surface area is 112 Å². The lowest BCUT2D eigenvalue weighted by atomic mass is 10.0. The Balaban J connectivity index is 2.48. The molecule has 3 aromatic carbocycles. The first kappa shape index (κ1) is 12.0. The molecule has 20 heavy (non-hydrogen) atoms. The molecule has 0 radical (unpaired) electrons. The van der Waals surface area contributed by atoms with Crippen LogP contribution >= 0.6 is 0 Å². The molecule has 0 aliphatic rings. The number of benzene rings is 3. The lowest BCUT2D eigenvalue weighted by Crippen LogP contribution is -1.92. The van der Waals surface area contributed by atoms with Gasteiger partial charge >= 0.3 is 0 Å². The molecule has 0 amide bonds. The summed E-state index contributed by atoms with van der Waals surface area (Å²) in [7, 11) is 0. The van der Waals surface area contributed by atoms with Crippen LogP contribution < -0.4 is 0 Å². The van der Waals surface area contributed by atoms with Gasteiger partial charge in [0.2, 0.25) is 0 Å². The summed E-state index contributed by atoms with van der Waals surface area (Å²) >= 11 is 0. The number of nitrogens with zero attached hydrogens (tertiary/aromatic N) is 2. The van der Waals surface area contributed by atoms with Gasteiger partial charge in [-0.25, -0.2) is 0 Å². The molecule has 0 atom stereocenters. The molecule has 0 fully saturated rings. The third-order valence-corrected chi connectivity index (χ3v) is 3.23. The second-order valence-electron chi connectivity index (χ2n) is 4.36. The molecule has 0 heterocycles. The van der Waals surface area contributed by atoms with E-state index in [1.165, 1.54) is 18.2 Å². The summed E-state index contributed by atoms with van der Waals surface area (Å²) < 4.78 is 0. The highest BCUT2D eigenvalue weighted by atomic mass is 16.6. The van der Waals surface area contributed by atoms with Crippen LogP contribution in [0.5, 0.6) is 0 Å². The first-order valence-electron chi connectivity index (χ1n) is 5.82. The van der Waals surface area contributed by atoms with Gasteiger partial charge in [0.25, 0.3) is 11.4 Å². The number of non-ortho nitro benzene ring substituents is 2. The normalized spacial score (nSPS) is 10.8. The third kappa shape index (κ3) is 1.74. The zero-order valence-electron chi connectivity index (χ0n) is 10.1. The van der Waals surface area contributed by atoms with Crippen LogP contribution in [-0.2, 0) is 0 Å². The van der Waals surface area contributed by atoms with Crippen LogP contribution in [0.3, 0.4) is 0 Å². The third-order valence-electron chi connectivity index (χ3n) is 3.23. The van der Waals surface area contributed by atoms with Gasteiger partial charge < -0.3 is 0 Å². The van der Waals surface area contributed by atoms with E-state index in [1.54, 1.807) is 30.3 Å². The Morgan fingerprint density at radius 3 is 1.55 bits per heavy atom. The fourth-order valence-corrected chi connectivity index (χ4v) is 2.34. The molecule has 0 saturated carbocycles. The minimum Gasteiger partial charge on any atom is -0.258 e. The van der Waals surface area contributed by atoms with Crippen LogP contribution in [0.1, 0.15) is 0 Å². The van der Waals surface area contributed by atoms with E-state index in [2.05, 4.69) is 0 Å². The van der Waals surface area contributed by atoms with Crippen LogP contribution in [0.25, 0.3) is 21.5 Å². The van der Waals surface area contributed by atoms with Gasteiger partial charge in [-0.1, -0.05) is 24.3 Å². The number of nitro groups is 2. The largest absolute Gasteiger partial charge is 0.277 e. The molecule has 6 heteroatoms.